The summed E-state index contributed by atoms with van der Waals surface area (Å²) in [5.41, 5.74) is 0.475. The molecule has 1 N–H and O–H groups in total. The zero-order valence-electron chi connectivity index (χ0n) is 20.3. The standard InChI is InChI=1S/C27H32N4O4/c1-3-34-21-14-12-20(13-15-21)31-25(32)23-17-22(24-11-8-16-35-24)29-30(23)18-27(31,2)26(33)28-19-9-6-4-5-7-10-19/h8,11-17,19H,3-7,9-10,18H2,1-2H3,(H,28,33)/t27-/m1/s1. The van der Waals surface area contributed by atoms with E-state index in [1.165, 1.54) is 12.8 Å². The van der Waals surface area contributed by atoms with Crippen molar-refractivity contribution >= 4 is 17.5 Å². The van der Waals surface area contributed by atoms with Crippen LogP contribution in [0.5, 0.6) is 5.75 Å². The van der Waals surface area contributed by atoms with Crippen molar-refractivity contribution in [1.82, 2.24) is 15.1 Å². The van der Waals surface area contributed by atoms with Gasteiger partial charge in [-0.2, -0.15) is 5.10 Å². The quantitative estimate of drug-likeness (QED) is 0.516. The van der Waals surface area contributed by atoms with Gasteiger partial charge in [-0.25, -0.2) is 0 Å². The van der Waals surface area contributed by atoms with Crippen LogP contribution in [0.4, 0.5) is 5.69 Å². The van der Waals surface area contributed by atoms with E-state index in [0.717, 1.165) is 31.4 Å². The van der Waals surface area contributed by atoms with Crippen LogP contribution in [-0.2, 0) is 11.3 Å². The minimum absolute atomic E-state index is 0.122. The molecule has 8 nitrogen and oxygen atoms in total. The van der Waals surface area contributed by atoms with Gasteiger partial charge < -0.3 is 14.5 Å². The number of hydrogen-bond donors (Lipinski definition) is 1. The summed E-state index contributed by atoms with van der Waals surface area (Å²) >= 11 is 0. The fraction of sp³-hybridized carbons (Fsp3) is 0.444. The summed E-state index contributed by atoms with van der Waals surface area (Å²) in [4.78, 5) is 29.4. The van der Waals surface area contributed by atoms with Crippen LogP contribution in [0, 0.1) is 0 Å². The van der Waals surface area contributed by atoms with E-state index in [2.05, 4.69) is 10.4 Å². The van der Waals surface area contributed by atoms with E-state index in [-0.39, 0.29) is 24.4 Å². The molecule has 2 amide bonds. The van der Waals surface area contributed by atoms with Crippen LogP contribution < -0.4 is 15.0 Å². The summed E-state index contributed by atoms with van der Waals surface area (Å²) in [6.07, 6.45) is 8.13. The second kappa shape index (κ2) is 9.60. The summed E-state index contributed by atoms with van der Waals surface area (Å²) in [5, 5.41) is 7.89. The third-order valence-corrected chi connectivity index (χ3v) is 7.01. The first-order valence-corrected chi connectivity index (χ1v) is 12.5. The fourth-order valence-corrected chi connectivity index (χ4v) is 5.15. The molecule has 1 saturated carbocycles. The lowest BCUT2D eigenvalue weighted by molar-refractivity contribution is -0.127. The molecule has 1 aromatic carbocycles. The Morgan fingerprint density at radius 3 is 2.57 bits per heavy atom. The van der Waals surface area contributed by atoms with Crippen LogP contribution >= 0.6 is 0 Å². The monoisotopic (exact) mass is 476 g/mol. The molecule has 35 heavy (non-hydrogen) atoms. The first-order valence-electron chi connectivity index (χ1n) is 12.5. The number of ether oxygens (including phenoxy) is 1. The number of furan rings is 1. The molecule has 0 saturated heterocycles. The average molecular weight is 477 g/mol. The highest BCUT2D eigenvalue weighted by molar-refractivity contribution is 6.12. The largest absolute Gasteiger partial charge is 0.494 e. The summed E-state index contributed by atoms with van der Waals surface area (Å²) in [7, 11) is 0. The van der Waals surface area contributed by atoms with Crippen LogP contribution in [0.3, 0.4) is 0 Å². The molecule has 0 bridgehead atoms. The lowest BCUT2D eigenvalue weighted by Crippen LogP contribution is -2.65. The van der Waals surface area contributed by atoms with Crippen LogP contribution in [0.1, 0.15) is 62.9 Å². The Bertz CT molecular complexity index is 1180. The molecule has 2 aliphatic rings. The summed E-state index contributed by atoms with van der Waals surface area (Å²) in [5.74, 6) is 0.865. The minimum atomic E-state index is -1.16. The van der Waals surface area contributed by atoms with Crippen molar-refractivity contribution in [2.45, 2.75) is 70.5 Å². The van der Waals surface area contributed by atoms with E-state index in [1.54, 1.807) is 34.0 Å². The zero-order valence-corrected chi connectivity index (χ0v) is 20.3. The fourth-order valence-electron chi connectivity index (χ4n) is 5.15. The van der Waals surface area contributed by atoms with Crippen LogP contribution in [-0.4, -0.2) is 39.8 Å². The number of aromatic nitrogens is 2. The average Bonchev–Trinajstić information content (AvgIpc) is 3.46. The van der Waals surface area contributed by atoms with Gasteiger partial charge in [0, 0.05) is 17.8 Å². The molecule has 1 fully saturated rings. The predicted octanol–water partition coefficient (Wildman–Crippen LogP) is 4.80. The van der Waals surface area contributed by atoms with Gasteiger partial charge in [-0.3, -0.25) is 19.2 Å². The molecule has 8 heteroatoms. The maximum absolute atomic E-state index is 13.9. The normalized spacial score (nSPS) is 20.9. The van der Waals surface area contributed by atoms with Gasteiger partial charge in [0.1, 0.15) is 22.7 Å². The van der Waals surface area contributed by atoms with Gasteiger partial charge in [0.05, 0.1) is 19.4 Å². The summed E-state index contributed by atoms with van der Waals surface area (Å²) in [6.45, 7) is 4.54. The lowest BCUT2D eigenvalue weighted by Gasteiger charge is -2.43. The van der Waals surface area contributed by atoms with Gasteiger partial charge in [-0.05, 0) is 63.1 Å². The van der Waals surface area contributed by atoms with Crippen LogP contribution in [0.15, 0.2) is 53.1 Å². The number of amides is 2. The number of anilines is 1. The van der Waals surface area contributed by atoms with Crippen LogP contribution in [0.25, 0.3) is 11.5 Å². The zero-order chi connectivity index (χ0) is 24.4. The Kier molecular flexibility index (Phi) is 6.36. The lowest BCUT2D eigenvalue weighted by atomic mass is 9.93. The molecule has 1 atom stereocenters. The van der Waals surface area contributed by atoms with Gasteiger partial charge in [-0.1, -0.05) is 25.7 Å². The van der Waals surface area contributed by atoms with E-state index in [4.69, 9.17) is 9.15 Å². The van der Waals surface area contributed by atoms with Gasteiger partial charge in [0.25, 0.3) is 5.91 Å². The van der Waals surface area contributed by atoms with E-state index in [9.17, 15) is 9.59 Å². The van der Waals surface area contributed by atoms with Crippen molar-refractivity contribution in [3.8, 4) is 17.2 Å². The van der Waals surface area contributed by atoms with Gasteiger partial charge in [0.2, 0.25) is 5.91 Å². The van der Waals surface area contributed by atoms with Gasteiger partial charge in [0.15, 0.2) is 5.76 Å². The number of carbonyl (C=O) groups is 2. The molecule has 3 aromatic rings. The van der Waals surface area contributed by atoms with Gasteiger partial charge in [-0.15, -0.1) is 0 Å². The molecule has 2 aromatic heterocycles. The molecule has 1 aliphatic heterocycles. The minimum Gasteiger partial charge on any atom is -0.494 e. The number of nitrogens with one attached hydrogen (secondary N) is 1. The Morgan fingerprint density at radius 2 is 1.91 bits per heavy atom. The molecule has 0 spiro atoms. The topological polar surface area (TPSA) is 89.6 Å². The molecule has 0 radical (unpaired) electrons. The third kappa shape index (κ3) is 4.45. The SMILES string of the molecule is CCOc1ccc(N2C(=O)c3cc(-c4ccco4)nn3C[C@]2(C)C(=O)NC2CCCCCC2)cc1. The summed E-state index contributed by atoms with van der Waals surface area (Å²) < 4.78 is 12.7. The van der Waals surface area contributed by atoms with E-state index < -0.39 is 5.54 Å². The van der Waals surface area contributed by atoms with E-state index in [1.807, 2.05) is 38.1 Å². The first-order chi connectivity index (χ1) is 17.0. The Hall–Kier alpha value is -3.55. The van der Waals surface area contributed by atoms with Crippen LogP contribution in [0.2, 0.25) is 0 Å². The summed E-state index contributed by atoms with van der Waals surface area (Å²) in [6, 6.07) is 12.8. The second-order valence-electron chi connectivity index (χ2n) is 9.55. The predicted molar refractivity (Wildman–Crippen MR) is 132 cm³/mol. The maximum Gasteiger partial charge on any atom is 0.277 e. The number of carbonyl (C=O) groups excluding carboxylic acids is 2. The number of hydrogen-bond acceptors (Lipinski definition) is 5. The van der Waals surface area contributed by atoms with Crippen molar-refractivity contribution in [3.63, 3.8) is 0 Å². The maximum atomic E-state index is 13.9. The molecule has 3 heterocycles. The highest BCUT2D eigenvalue weighted by Gasteiger charge is 2.49. The molecule has 184 valence electrons. The smallest absolute Gasteiger partial charge is 0.277 e. The Morgan fingerprint density at radius 1 is 1.17 bits per heavy atom. The Balaban J connectivity index is 1.52. The molecular weight excluding hydrogens is 444 g/mol. The van der Waals surface area contributed by atoms with Crippen molar-refractivity contribution < 1.29 is 18.7 Å². The van der Waals surface area contributed by atoms with E-state index >= 15 is 0 Å². The molecule has 5 rings (SSSR count). The first kappa shape index (κ1) is 23.2. The molecular formula is C27H32N4O4. The second-order valence-corrected chi connectivity index (χ2v) is 9.55. The number of nitrogens with zero attached hydrogens (tertiary/aromatic N) is 3. The molecule has 0 unspecified atom stereocenters. The van der Waals surface area contributed by atoms with Crippen molar-refractivity contribution in [2.75, 3.05) is 11.5 Å². The third-order valence-electron chi connectivity index (χ3n) is 7.01. The number of rotatable bonds is 6. The van der Waals surface area contributed by atoms with Gasteiger partial charge >= 0.3 is 0 Å². The Labute approximate surface area is 205 Å². The van der Waals surface area contributed by atoms with Crippen molar-refractivity contribution in [3.05, 3.63) is 54.4 Å². The highest BCUT2D eigenvalue weighted by atomic mass is 16.5. The number of benzene rings is 1. The molecule has 1 aliphatic carbocycles. The highest BCUT2D eigenvalue weighted by Crippen LogP contribution is 2.35. The van der Waals surface area contributed by atoms with E-state index in [0.29, 0.717) is 29.4 Å². The number of fused-ring (bicyclic) bond motifs is 1. The van der Waals surface area contributed by atoms with Crippen molar-refractivity contribution in [2.24, 2.45) is 0 Å². The van der Waals surface area contributed by atoms with Crippen molar-refractivity contribution in [1.29, 1.82) is 0 Å².